The van der Waals surface area contributed by atoms with Crippen molar-refractivity contribution in [3.63, 3.8) is 0 Å². The van der Waals surface area contributed by atoms with Gasteiger partial charge in [0.2, 0.25) is 0 Å². The molecule has 3 nitrogen and oxygen atoms in total. The fourth-order valence-electron chi connectivity index (χ4n) is 4.85. The number of amides is 1. The molecule has 1 amide bonds. The summed E-state index contributed by atoms with van der Waals surface area (Å²) in [5, 5.41) is 3.90. The molecule has 0 radical (unpaired) electrons. The first-order valence-corrected chi connectivity index (χ1v) is 10.3. The first-order valence-electron chi connectivity index (χ1n) is 9.88. The van der Waals surface area contributed by atoms with Crippen LogP contribution >= 0.6 is 11.6 Å². The average Bonchev–Trinajstić information content (AvgIpc) is 3.31. The summed E-state index contributed by atoms with van der Waals surface area (Å²) in [6.07, 6.45) is 5.31. The molecule has 2 bridgehead atoms. The molecule has 27 heavy (non-hydrogen) atoms. The topological polar surface area (TPSA) is 38.3 Å². The Morgan fingerprint density at radius 1 is 1.15 bits per heavy atom. The van der Waals surface area contributed by atoms with Crippen molar-refractivity contribution in [1.82, 2.24) is 5.32 Å². The van der Waals surface area contributed by atoms with Gasteiger partial charge in [0.1, 0.15) is 12.4 Å². The minimum absolute atomic E-state index is 0.0555. The highest BCUT2D eigenvalue weighted by Crippen LogP contribution is 2.49. The number of halogens is 1. The van der Waals surface area contributed by atoms with Crippen LogP contribution in [0.3, 0.4) is 0 Å². The Morgan fingerprint density at radius 2 is 1.93 bits per heavy atom. The van der Waals surface area contributed by atoms with Crippen LogP contribution in [-0.4, -0.2) is 11.9 Å². The van der Waals surface area contributed by atoms with Gasteiger partial charge in [-0.15, -0.1) is 0 Å². The monoisotopic (exact) mass is 383 g/mol. The molecular formula is C23H26ClNO2. The Hall–Kier alpha value is -2.00. The zero-order chi connectivity index (χ0) is 18.8. The molecule has 142 valence electrons. The second kappa shape index (κ2) is 7.93. The normalized spacial score (nSPS) is 24.6. The number of carbonyl (C=O) groups excluding carboxylic acids is 1. The van der Waals surface area contributed by atoms with E-state index in [4.69, 9.17) is 16.3 Å². The Labute approximate surface area is 166 Å². The van der Waals surface area contributed by atoms with Gasteiger partial charge in [-0.25, -0.2) is 0 Å². The van der Waals surface area contributed by atoms with Crippen LogP contribution in [0.2, 0.25) is 5.02 Å². The average molecular weight is 384 g/mol. The van der Waals surface area contributed by atoms with Crippen LogP contribution in [0.4, 0.5) is 0 Å². The van der Waals surface area contributed by atoms with E-state index in [0.717, 1.165) is 17.4 Å². The molecule has 4 heteroatoms. The molecular weight excluding hydrogens is 358 g/mol. The van der Waals surface area contributed by atoms with Crippen molar-refractivity contribution in [2.75, 3.05) is 0 Å². The molecule has 0 spiro atoms. The van der Waals surface area contributed by atoms with Gasteiger partial charge in [-0.05, 0) is 62.1 Å². The number of fused-ring (bicyclic) bond motifs is 2. The number of para-hydroxylation sites is 1. The maximum atomic E-state index is 12.9. The molecule has 1 N–H and O–H groups in total. The summed E-state index contributed by atoms with van der Waals surface area (Å²) in [5.74, 6) is 2.82. The van der Waals surface area contributed by atoms with E-state index in [1.54, 1.807) is 0 Å². The van der Waals surface area contributed by atoms with Gasteiger partial charge in [0.15, 0.2) is 0 Å². The largest absolute Gasteiger partial charge is 0.488 e. The van der Waals surface area contributed by atoms with Crippen molar-refractivity contribution in [2.24, 2.45) is 17.8 Å². The molecule has 2 aliphatic rings. The van der Waals surface area contributed by atoms with E-state index < -0.39 is 0 Å². The lowest BCUT2D eigenvalue weighted by atomic mass is 9.84. The molecule has 0 aromatic heterocycles. The van der Waals surface area contributed by atoms with E-state index in [0.29, 0.717) is 28.9 Å². The maximum absolute atomic E-state index is 12.9. The Kier molecular flexibility index (Phi) is 5.40. The lowest BCUT2D eigenvalue weighted by Gasteiger charge is -2.28. The van der Waals surface area contributed by atoms with Gasteiger partial charge in [0.05, 0.1) is 5.56 Å². The Bertz CT molecular complexity index is 822. The van der Waals surface area contributed by atoms with Crippen LogP contribution in [-0.2, 0) is 6.61 Å². The van der Waals surface area contributed by atoms with Crippen LogP contribution in [0.1, 0.15) is 48.5 Å². The quantitative estimate of drug-likeness (QED) is 0.717. The summed E-state index contributed by atoms with van der Waals surface area (Å²) in [4.78, 5) is 12.9. The highest BCUT2D eigenvalue weighted by atomic mass is 35.5. The van der Waals surface area contributed by atoms with Gasteiger partial charge in [0.25, 0.3) is 5.91 Å². The second-order valence-electron chi connectivity index (χ2n) is 7.98. The molecule has 2 fully saturated rings. The van der Waals surface area contributed by atoms with Crippen LogP contribution < -0.4 is 10.1 Å². The summed E-state index contributed by atoms with van der Waals surface area (Å²) in [6.45, 7) is 2.49. The van der Waals surface area contributed by atoms with E-state index in [2.05, 4.69) is 12.2 Å². The molecule has 4 atom stereocenters. The van der Waals surface area contributed by atoms with E-state index in [-0.39, 0.29) is 11.9 Å². The molecule has 2 aromatic carbocycles. The first-order chi connectivity index (χ1) is 13.1. The van der Waals surface area contributed by atoms with Crippen molar-refractivity contribution in [1.29, 1.82) is 0 Å². The molecule has 2 saturated carbocycles. The molecule has 0 unspecified atom stereocenters. The predicted octanol–water partition coefficient (Wildman–Crippen LogP) is 5.47. The number of ether oxygens (including phenoxy) is 1. The third kappa shape index (κ3) is 3.98. The summed E-state index contributed by atoms with van der Waals surface area (Å²) in [6, 6.07) is 15.2. The third-order valence-corrected chi connectivity index (χ3v) is 6.64. The van der Waals surface area contributed by atoms with E-state index in [1.165, 1.54) is 25.7 Å². The van der Waals surface area contributed by atoms with Crippen molar-refractivity contribution >= 4 is 17.5 Å². The van der Waals surface area contributed by atoms with Gasteiger partial charge in [-0.1, -0.05) is 48.4 Å². The summed E-state index contributed by atoms with van der Waals surface area (Å²) < 4.78 is 5.94. The van der Waals surface area contributed by atoms with E-state index >= 15 is 0 Å². The van der Waals surface area contributed by atoms with Gasteiger partial charge in [-0.3, -0.25) is 4.79 Å². The van der Waals surface area contributed by atoms with Gasteiger partial charge in [-0.2, -0.15) is 0 Å². The van der Waals surface area contributed by atoms with Crippen LogP contribution in [0.25, 0.3) is 0 Å². The SMILES string of the molecule is C[C@H](NC(=O)c1ccccc1OCc1ccccc1Cl)[C@@H]1C[C@H]2CC[C@H]1C2. The first kappa shape index (κ1) is 18.4. The molecule has 2 aliphatic carbocycles. The number of nitrogens with one attached hydrogen (secondary N) is 1. The van der Waals surface area contributed by atoms with Crippen molar-refractivity contribution in [2.45, 2.75) is 45.3 Å². The van der Waals surface area contributed by atoms with Crippen molar-refractivity contribution < 1.29 is 9.53 Å². The number of carbonyl (C=O) groups is 1. The van der Waals surface area contributed by atoms with Crippen molar-refractivity contribution in [3.8, 4) is 5.75 Å². The van der Waals surface area contributed by atoms with Gasteiger partial charge >= 0.3 is 0 Å². The Balaban J connectivity index is 1.42. The summed E-state index contributed by atoms with van der Waals surface area (Å²) >= 11 is 6.21. The highest BCUT2D eigenvalue weighted by Gasteiger charge is 2.42. The zero-order valence-corrected chi connectivity index (χ0v) is 16.4. The number of hydrogen-bond donors (Lipinski definition) is 1. The van der Waals surface area contributed by atoms with Crippen LogP contribution in [0.15, 0.2) is 48.5 Å². The summed E-state index contributed by atoms with van der Waals surface area (Å²) in [7, 11) is 0. The van der Waals surface area contributed by atoms with Gasteiger partial charge < -0.3 is 10.1 Å². The van der Waals surface area contributed by atoms with Crippen LogP contribution in [0.5, 0.6) is 5.75 Å². The number of hydrogen-bond acceptors (Lipinski definition) is 2. The highest BCUT2D eigenvalue weighted by molar-refractivity contribution is 6.31. The smallest absolute Gasteiger partial charge is 0.255 e. The zero-order valence-electron chi connectivity index (χ0n) is 15.7. The van der Waals surface area contributed by atoms with Crippen LogP contribution in [0, 0.1) is 17.8 Å². The van der Waals surface area contributed by atoms with E-state index in [1.807, 2.05) is 48.5 Å². The molecule has 0 saturated heterocycles. The van der Waals surface area contributed by atoms with Crippen molar-refractivity contribution in [3.05, 3.63) is 64.7 Å². The third-order valence-electron chi connectivity index (χ3n) is 6.27. The fourth-order valence-corrected chi connectivity index (χ4v) is 5.04. The number of benzene rings is 2. The minimum atomic E-state index is -0.0555. The number of rotatable bonds is 6. The second-order valence-corrected chi connectivity index (χ2v) is 8.38. The fraction of sp³-hybridized carbons (Fsp3) is 0.435. The lowest BCUT2D eigenvalue weighted by molar-refractivity contribution is 0.0910. The molecule has 0 aliphatic heterocycles. The Morgan fingerprint density at radius 3 is 2.67 bits per heavy atom. The molecule has 2 aromatic rings. The maximum Gasteiger partial charge on any atom is 0.255 e. The molecule has 0 heterocycles. The minimum Gasteiger partial charge on any atom is -0.488 e. The lowest BCUT2D eigenvalue weighted by Crippen LogP contribution is -2.40. The molecule has 4 rings (SSSR count). The standard InChI is InChI=1S/C23H26ClNO2/c1-15(20-13-16-10-11-17(20)12-16)25-23(26)19-7-3-5-9-22(19)27-14-18-6-2-4-8-21(18)24/h2-9,15-17,20H,10-14H2,1H3,(H,25,26)/t15-,16-,17-,20-/m0/s1. The van der Waals surface area contributed by atoms with E-state index in [9.17, 15) is 4.79 Å². The van der Waals surface area contributed by atoms with Gasteiger partial charge in [0, 0.05) is 16.6 Å². The summed E-state index contributed by atoms with van der Waals surface area (Å²) in [5.41, 5.74) is 1.49. The predicted molar refractivity (Wildman–Crippen MR) is 108 cm³/mol.